The monoisotopic (exact) mass is 151 g/mol. The molecule has 1 aliphatic carbocycles. The third-order valence-corrected chi connectivity index (χ3v) is 2.54. The van der Waals surface area contributed by atoms with Crippen LogP contribution >= 0.6 is 0 Å². The molecule has 1 saturated carbocycles. The zero-order valence-electron chi connectivity index (χ0n) is 6.62. The summed E-state index contributed by atoms with van der Waals surface area (Å²) in [5.41, 5.74) is 1.03. The summed E-state index contributed by atoms with van der Waals surface area (Å²) in [6, 6.07) is 1.94. The summed E-state index contributed by atoms with van der Waals surface area (Å²) < 4.78 is 0. The number of hydrogen-bond donors (Lipinski definition) is 2. The van der Waals surface area contributed by atoms with Gasteiger partial charge in [0.15, 0.2) is 0 Å². The summed E-state index contributed by atoms with van der Waals surface area (Å²) in [6.07, 6.45) is 4.66. The van der Waals surface area contributed by atoms with Gasteiger partial charge < -0.3 is 10.1 Å². The van der Waals surface area contributed by atoms with Crippen molar-refractivity contribution in [1.82, 2.24) is 4.98 Å². The fourth-order valence-electron chi connectivity index (χ4n) is 1.56. The van der Waals surface area contributed by atoms with E-state index in [9.17, 15) is 5.11 Å². The van der Waals surface area contributed by atoms with E-state index in [1.54, 1.807) is 0 Å². The van der Waals surface area contributed by atoms with Crippen molar-refractivity contribution in [3.05, 3.63) is 24.0 Å². The smallest absolute Gasteiger partial charge is 0.0835 e. The number of H-pyrrole nitrogens is 1. The molecule has 0 bridgehead atoms. The van der Waals surface area contributed by atoms with Gasteiger partial charge >= 0.3 is 0 Å². The Morgan fingerprint density at radius 2 is 2.45 bits per heavy atom. The molecule has 0 aromatic carbocycles. The maximum Gasteiger partial charge on any atom is 0.0835 e. The summed E-state index contributed by atoms with van der Waals surface area (Å²) in [7, 11) is 0. The normalized spacial score (nSPS) is 31.8. The number of aromatic nitrogens is 1. The third-order valence-electron chi connectivity index (χ3n) is 2.54. The van der Waals surface area contributed by atoms with Gasteiger partial charge in [-0.25, -0.2) is 0 Å². The lowest BCUT2D eigenvalue weighted by Crippen LogP contribution is -1.98. The average Bonchev–Trinajstić information content (AvgIpc) is 2.56. The summed E-state index contributed by atoms with van der Waals surface area (Å²) >= 11 is 0. The van der Waals surface area contributed by atoms with Crippen LogP contribution in [-0.2, 0) is 0 Å². The maximum absolute atomic E-state index is 9.70. The first-order chi connectivity index (χ1) is 5.29. The third kappa shape index (κ3) is 1.18. The highest BCUT2D eigenvalue weighted by Gasteiger charge is 2.39. The fourth-order valence-corrected chi connectivity index (χ4v) is 1.56. The SMILES string of the molecule is CC1CC1C(O)c1cc[nH]c1. The van der Waals surface area contributed by atoms with Gasteiger partial charge in [0.1, 0.15) is 0 Å². The van der Waals surface area contributed by atoms with Crippen LogP contribution in [0, 0.1) is 11.8 Å². The van der Waals surface area contributed by atoms with Gasteiger partial charge in [-0.15, -0.1) is 0 Å². The minimum Gasteiger partial charge on any atom is -0.388 e. The zero-order chi connectivity index (χ0) is 7.84. The highest BCUT2D eigenvalue weighted by Crippen LogP contribution is 2.46. The van der Waals surface area contributed by atoms with Gasteiger partial charge in [-0.2, -0.15) is 0 Å². The Balaban J connectivity index is 2.06. The number of aliphatic hydroxyl groups excluding tert-OH is 1. The summed E-state index contributed by atoms with van der Waals surface area (Å²) in [5.74, 6) is 1.21. The Bertz CT molecular complexity index is 230. The number of hydrogen-bond acceptors (Lipinski definition) is 1. The second kappa shape index (κ2) is 2.38. The van der Waals surface area contributed by atoms with E-state index in [0.29, 0.717) is 11.8 Å². The van der Waals surface area contributed by atoms with E-state index in [0.717, 1.165) is 5.56 Å². The van der Waals surface area contributed by atoms with Crippen molar-refractivity contribution in [3.8, 4) is 0 Å². The van der Waals surface area contributed by atoms with E-state index < -0.39 is 0 Å². The molecule has 11 heavy (non-hydrogen) atoms. The molecule has 2 heteroatoms. The van der Waals surface area contributed by atoms with Crippen LogP contribution in [0.4, 0.5) is 0 Å². The van der Waals surface area contributed by atoms with Crippen LogP contribution in [0.5, 0.6) is 0 Å². The quantitative estimate of drug-likeness (QED) is 0.663. The number of aromatic amines is 1. The molecule has 1 aromatic rings. The summed E-state index contributed by atoms with van der Waals surface area (Å²) in [5, 5.41) is 9.70. The molecule has 2 rings (SSSR count). The molecule has 0 saturated heterocycles. The number of rotatable bonds is 2. The highest BCUT2D eigenvalue weighted by molar-refractivity contribution is 5.15. The van der Waals surface area contributed by atoms with Crippen LogP contribution in [0.2, 0.25) is 0 Å². The van der Waals surface area contributed by atoms with Gasteiger partial charge in [0.05, 0.1) is 6.10 Å². The summed E-state index contributed by atoms with van der Waals surface area (Å²) in [6.45, 7) is 2.18. The average molecular weight is 151 g/mol. The minimum absolute atomic E-state index is 0.240. The highest BCUT2D eigenvalue weighted by atomic mass is 16.3. The maximum atomic E-state index is 9.70. The van der Waals surface area contributed by atoms with Gasteiger partial charge in [0.25, 0.3) is 0 Å². The van der Waals surface area contributed by atoms with Crippen molar-refractivity contribution in [2.45, 2.75) is 19.4 Å². The predicted molar refractivity (Wildman–Crippen MR) is 43.0 cm³/mol. The molecule has 2 nitrogen and oxygen atoms in total. The number of aliphatic hydroxyl groups is 1. The van der Waals surface area contributed by atoms with E-state index in [4.69, 9.17) is 0 Å². The lowest BCUT2D eigenvalue weighted by molar-refractivity contribution is 0.148. The van der Waals surface area contributed by atoms with Gasteiger partial charge in [0.2, 0.25) is 0 Å². The zero-order valence-corrected chi connectivity index (χ0v) is 6.62. The molecule has 3 atom stereocenters. The molecule has 0 amide bonds. The first-order valence-corrected chi connectivity index (χ1v) is 4.10. The topological polar surface area (TPSA) is 36.0 Å². The van der Waals surface area contributed by atoms with Crippen molar-refractivity contribution in [3.63, 3.8) is 0 Å². The Morgan fingerprint density at radius 3 is 2.91 bits per heavy atom. The van der Waals surface area contributed by atoms with E-state index in [1.165, 1.54) is 6.42 Å². The lowest BCUT2D eigenvalue weighted by atomic mass is 10.1. The first-order valence-electron chi connectivity index (χ1n) is 4.10. The van der Waals surface area contributed by atoms with E-state index in [-0.39, 0.29) is 6.10 Å². The van der Waals surface area contributed by atoms with Crippen LogP contribution in [0.25, 0.3) is 0 Å². The number of nitrogens with one attached hydrogen (secondary N) is 1. The first kappa shape index (κ1) is 6.92. The molecule has 3 unspecified atom stereocenters. The van der Waals surface area contributed by atoms with E-state index in [1.807, 2.05) is 18.5 Å². The Kier molecular flexibility index (Phi) is 1.50. The largest absolute Gasteiger partial charge is 0.388 e. The molecular formula is C9H13NO. The van der Waals surface area contributed by atoms with Crippen LogP contribution in [0.15, 0.2) is 18.5 Å². The van der Waals surface area contributed by atoms with Crippen LogP contribution in [0.1, 0.15) is 25.0 Å². The molecular weight excluding hydrogens is 138 g/mol. The van der Waals surface area contributed by atoms with Crippen LogP contribution in [-0.4, -0.2) is 10.1 Å². The van der Waals surface area contributed by atoms with Crippen molar-refractivity contribution in [2.75, 3.05) is 0 Å². The van der Waals surface area contributed by atoms with Gasteiger partial charge in [-0.3, -0.25) is 0 Å². The second-order valence-electron chi connectivity index (χ2n) is 3.47. The summed E-state index contributed by atoms with van der Waals surface area (Å²) in [4.78, 5) is 2.95. The lowest BCUT2D eigenvalue weighted by Gasteiger charge is -2.05. The molecule has 0 spiro atoms. The fraction of sp³-hybridized carbons (Fsp3) is 0.556. The molecule has 1 fully saturated rings. The van der Waals surface area contributed by atoms with Crippen molar-refractivity contribution >= 4 is 0 Å². The van der Waals surface area contributed by atoms with E-state index >= 15 is 0 Å². The molecule has 60 valence electrons. The molecule has 0 radical (unpaired) electrons. The van der Waals surface area contributed by atoms with Crippen LogP contribution < -0.4 is 0 Å². The Labute approximate surface area is 66.3 Å². The van der Waals surface area contributed by atoms with E-state index in [2.05, 4.69) is 11.9 Å². The van der Waals surface area contributed by atoms with Crippen LogP contribution in [0.3, 0.4) is 0 Å². The molecule has 2 N–H and O–H groups in total. The molecule has 1 aromatic heterocycles. The van der Waals surface area contributed by atoms with Crippen molar-refractivity contribution < 1.29 is 5.11 Å². The Hall–Kier alpha value is -0.760. The standard InChI is InChI=1S/C9H13NO/c1-6-4-8(6)9(11)7-2-3-10-5-7/h2-3,5-6,8-11H,4H2,1H3. The van der Waals surface area contributed by atoms with Gasteiger partial charge in [-0.05, 0) is 29.9 Å². The van der Waals surface area contributed by atoms with Crippen molar-refractivity contribution in [2.24, 2.45) is 11.8 Å². The van der Waals surface area contributed by atoms with Gasteiger partial charge in [-0.1, -0.05) is 6.92 Å². The van der Waals surface area contributed by atoms with Gasteiger partial charge in [0, 0.05) is 12.4 Å². The second-order valence-corrected chi connectivity index (χ2v) is 3.47. The van der Waals surface area contributed by atoms with Crippen molar-refractivity contribution in [1.29, 1.82) is 0 Å². The molecule has 1 heterocycles. The Morgan fingerprint density at radius 1 is 1.73 bits per heavy atom. The molecule has 0 aliphatic heterocycles. The molecule has 1 aliphatic rings. The minimum atomic E-state index is -0.240. The predicted octanol–water partition coefficient (Wildman–Crippen LogP) is 1.70.